The topological polar surface area (TPSA) is 248 Å². The van der Waals surface area contributed by atoms with Crippen LogP contribution < -0.4 is 48.9 Å². The summed E-state index contributed by atoms with van der Waals surface area (Å²) in [4.78, 5) is 12.3. The van der Waals surface area contributed by atoms with Crippen LogP contribution in [0.25, 0.3) is 33.9 Å². The average Bonchev–Trinajstić information content (AvgIpc) is 4.06. The molecule has 4 aromatic carbocycles. The molecule has 4 N–H and O–H groups in total. The van der Waals surface area contributed by atoms with Gasteiger partial charge in [-0.15, -0.1) is 22.6 Å². The molecule has 0 aliphatic heterocycles. The van der Waals surface area contributed by atoms with Crippen molar-refractivity contribution in [3.63, 3.8) is 0 Å². The lowest BCUT2D eigenvalue weighted by Crippen LogP contribution is -2.18. The fraction of sp³-hybridized carbons (Fsp3) is 0.356. The van der Waals surface area contributed by atoms with Gasteiger partial charge in [-0.1, -0.05) is 10.4 Å². The maximum absolute atomic E-state index is 12.3. The average molecular weight is 971 g/mol. The zero-order valence-electron chi connectivity index (χ0n) is 39.6. The van der Waals surface area contributed by atoms with E-state index in [9.17, 15) is 4.79 Å². The van der Waals surface area contributed by atoms with Gasteiger partial charge in [-0.2, -0.15) is 0 Å². The molecule has 23 heteroatoms. The molecule has 22 nitrogen and oxygen atoms in total. The summed E-state index contributed by atoms with van der Waals surface area (Å²) in [7, 11) is 15.5. The summed E-state index contributed by atoms with van der Waals surface area (Å²) in [5, 5.41) is 27.1. The Balaban J connectivity index is 0.000000336. The molecule has 0 radical (unpaired) electrons. The van der Waals surface area contributed by atoms with Crippen LogP contribution in [0.4, 0.5) is 16.2 Å². The number of ether oxygens (including phenoxy) is 12. The number of hydrogen-bond acceptors (Lipinski definition) is 19. The van der Waals surface area contributed by atoms with E-state index in [-0.39, 0.29) is 32.2 Å². The molecule has 370 valence electrons. The molecule has 0 aliphatic rings. The zero-order chi connectivity index (χ0) is 48.7. The van der Waals surface area contributed by atoms with E-state index in [1.165, 1.54) is 28.4 Å². The van der Waals surface area contributed by atoms with E-state index in [4.69, 9.17) is 62.9 Å². The Kier molecular flexibility index (Phi) is 23.3. The standard InChI is InChI=1S/C24H30N4O8.C18H20N4O4.C3H8O2.ClH/c1-30-8-9-35-10-11-36-24(29)26-18-12-16(6-7-20(18)31-2)19-15-25-27-28(19)17-13-21(32-3)23(34-5)22(14-17)33-4;1-23-15-6-5-11(7-13(15)19)14-10-20-21-22(14)12-8-16(24-2)18(26-4)17(9-12)25-3;1-5-3-2-4;/h6-7,12-15H,8-11H2,1-5H3,(H,26,29);5-10H,19H2,1-4H3;4H,2-3H2,1H3;1H. The number of carbonyl (C=O) groups is 1. The van der Waals surface area contributed by atoms with Crippen molar-refractivity contribution in [3.8, 4) is 79.9 Å². The van der Waals surface area contributed by atoms with Crippen LogP contribution in [0, 0.1) is 0 Å². The van der Waals surface area contributed by atoms with Gasteiger partial charge in [0.1, 0.15) is 18.1 Å². The number of nitrogens with two attached hydrogens (primary N) is 1. The van der Waals surface area contributed by atoms with Gasteiger partial charge in [-0.05, 0) is 36.4 Å². The highest BCUT2D eigenvalue weighted by Gasteiger charge is 2.20. The Labute approximate surface area is 400 Å². The maximum atomic E-state index is 12.3. The molecular weight excluding hydrogens is 912 g/mol. The molecule has 0 saturated carbocycles. The lowest BCUT2D eigenvalue weighted by Gasteiger charge is -2.16. The Hall–Kier alpha value is -7.24. The smallest absolute Gasteiger partial charge is 0.411 e. The summed E-state index contributed by atoms with van der Waals surface area (Å²) < 4.78 is 66.2. The van der Waals surface area contributed by atoms with E-state index in [0.29, 0.717) is 99.8 Å². The molecule has 2 aromatic heterocycles. The first-order valence-corrected chi connectivity index (χ1v) is 20.2. The van der Waals surface area contributed by atoms with Crippen LogP contribution in [-0.2, 0) is 18.9 Å². The number of nitrogens with zero attached hydrogens (tertiary/aromatic N) is 6. The molecule has 0 saturated heterocycles. The molecule has 0 bridgehead atoms. The quantitative estimate of drug-likeness (QED) is 0.0571. The third-order valence-electron chi connectivity index (χ3n) is 9.33. The van der Waals surface area contributed by atoms with Crippen LogP contribution in [0.2, 0.25) is 0 Å². The van der Waals surface area contributed by atoms with Gasteiger partial charge in [0.2, 0.25) is 11.5 Å². The summed E-state index contributed by atoms with van der Waals surface area (Å²) in [6, 6.07) is 17.9. The number of benzene rings is 4. The monoisotopic (exact) mass is 970 g/mol. The highest BCUT2D eigenvalue weighted by atomic mass is 35.5. The summed E-state index contributed by atoms with van der Waals surface area (Å²) >= 11 is 0. The van der Waals surface area contributed by atoms with Crippen molar-refractivity contribution in [2.75, 3.05) is 122 Å². The van der Waals surface area contributed by atoms with E-state index >= 15 is 0 Å². The molecule has 6 rings (SSSR count). The van der Waals surface area contributed by atoms with Crippen molar-refractivity contribution in [2.45, 2.75) is 0 Å². The Morgan fingerprint density at radius 2 is 1.00 bits per heavy atom. The Morgan fingerprint density at radius 1 is 0.559 bits per heavy atom. The van der Waals surface area contributed by atoms with Crippen LogP contribution in [0.1, 0.15) is 0 Å². The first kappa shape index (κ1) is 55.1. The summed E-state index contributed by atoms with van der Waals surface area (Å²) in [6.07, 6.45) is 2.62. The molecule has 0 atom stereocenters. The molecular formula is C45H59ClN8O14. The maximum Gasteiger partial charge on any atom is 0.411 e. The van der Waals surface area contributed by atoms with Crippen LogP contribution in [0.3, 0.4) is 0 Å². The van der Waals surface area contributed by atoms with Crippen molar-refractivity contribution in [1.29, 1.82) is 0 Å². The van der Waals surface area contributed by atoms with Crippen LogP contribution in [0.5, 0.6) is 46.0 Å². The second kappa shape index (κ2) is 28.7. The number of aliphatic hydroxyl groups excluding tert-OH is 1. The van der Waals surface area contributed by atoms with Gasteiger partial charge in [0.15, 0.2) is 23.0 Å². The van der Waals surface area contributed by atoms with Crippen LogP contribution in [0.15, 0.2) is 73.1 Å². The first-order valence-electron chi connectivity index (χ1n) is 20.2. The Morgan fingerprint density at radius 3 is 1.40 bits per heavy atom. The van der Waals surface area contributed by atoms with Crippen molar-refractivity contribution >= 4 is 29.9 Å². The highest BCUT2D eigenvalue weighted by molar-refractivity contribution is 5.88. The van der Waals surface area contributed by atoms with Crippen molar-refractivity contribution < 1.29 is 66.7 Å². The molecule has 0 spiro atoms. The van der Waals surface area contributed by atoms with Gasteiger partial charge >= 0.3 is 6.09 Å². The normalized spacial score (nSPS) is 10.2. The molecule has 0 aliphatic carbocycles. The van der Waals surface area contributed by atoms with Crippen molar-refractivity contribution in [3.05, 3.63) is 73.1 Å². The van der Waals surface area contributed by atoms with Gasteiger partial charge in [-0.3, -0.25) is 5.32 Å². The summed E-state index contributed by atoms with van der Waals surface area (Å²) in [5.41, 5.74) is 11.3. The Bertz CT molecular complexity index is 2420. The van der Waals surface area contributed by atoms with Gasteiger partial charge in [0, 0.05) is 49.6 Å². The number of hydrogen-bond donors (Lipinski definition) is 3. The number of aliphatic hydroxyl groups is 1. The SMILES string of the molecule is COCCO.COCCOCCOC(=O)Nc1cc(-c2cnnn2-c2cc(OC)c(OC)c(OC)c2)ccc1OC.COc1ccc(-c2cnnn2-c2cc(OC)c(OC)c(OC)c2)cc1N.Cl. The lowest BCUT2D eigenvalue weighted by molar-refractivity contribution is 0.0447. The summed E-state index contributed by atoms with van der Waals surface area (Å²) in [6.45, 7) is 1.81. The van der Waals surface area contributed by atoms with Gasteiger partial charge in [-0.25, -0.2) is 14.2 Å². The van der Waals surface area contributed by atoms with E-state index in [1.807, 2.05) is 18.2 Å². The zero-order valence-corrected chi connectivity index (χ0v) is 40.4. The minimum Gasteiger partial charge on any atom is -0.495 e. The van der Waals surface area contributed by atoms with Crippen molar-refractivity contribution in [2.24, 2.45) is 0 Å². The number of rotatable bonds is 21. The largest absolute Gasteiger partial charge is 0.495 e. The van der Waals surface area contributed by atoms with Gasteiger partial charge < -0.3 is 67.7 Å². The number of carbonyl (C=O) groups excluding carboxylic acids is 1. The molecule has 2 heterocycles. The highest BCUT2D eigenvalue weighted by Crippen LogP contribution is 2.42. The van der Waals surface area contributed by atoms with Gasteiger partial charge in [0.25, 0.3) is 0 Å². The number of anilines is 2. The van der Waals surface area contributed by atoms with Crippen molar-refractivity contribution in [1.82, 2.24) is 30.0 Å². The van der Waals surface area contributed by atoms with E-state index in [1.54, 1.807) is 107 Å². The summed E-state index contributed by atoms with van der Waals surface area (Å²) in [5.74, 6) is 4.03. The van der Waals surface area contributed by atoms with Crippen LogP contribution in [-0.4, -0.2) is 152 Å². The van der Waals surface area contributed by atoms with E-state index in [0.717, 1.165) is 11.3 Å². The number of nitrogens with one attached hydrogen (secondary N) is 1. The third kappa shape index (κ3) is 14.4. The number of aromatic nitrogens is 6. The molecule has 6 aromatic rings. The second-order valence-electron chi connectivity index (χ2n) is 13.3. The molecule has 68 heavy (non-hydrogen) atoms. The number of methoxy groups -OCH3 is 10. The second-order valence-corrected chi connectivity index (χ2v) is 13.3. The number of amides is 1. The minimum absolute atomic E-state index is 0. The molecule has 0 unspecified atom stereocenters. The van der Waals surface area contributed by atoms with Crippen LogP contribution >= 0.6 is 12.4 Å². The first-order chi connectivity index (χ1) is 32.6. The minimum atomic E-state index is -0.642. The fourth-order valence-electron chi connectivity index (χ4n) is 6.16. The molecule has 0 fully saturated rings. The molecule has 1 amide bonds. The third-order valence-corrected chi connectivity index (χ3v) is 9.33. The fourth-order valence-corrected chi connectivity index (χ4v) is 6.16. The number of halogens is 1. The van der Waals surface area contributed by atoms with Gasteiger partial charge in [0.05, 0.1) is 136 Å². The predicted molar refractivity (Wildman–Crippen MR) is 254 cm³/mol. The predicted octanol–water partition coefficient (Wildman–Crippen LogP) is 5.78. The van der Waals surface area contributed by atoms with E-state index in [2.05, 4.69) is 30.7 Å². The lowest BCUT2D eigenvalue weighted by atomic mass is 10.1. The number of nitrogen functional groups attached to an aromatic ring is 1. The van der Waals surface area contributed by atoms with E-state index < -0.39 is 6.09 Å².